The van der Waals surface area contributed by atoms with Gasteiger partial charge in [-0.1, -0.05) is 18.2 Å². The molecular weight excluding hydrogens is 507 g/mol. The lowest BCUT2D eigenvalue weighted by Crippen LogP contribution is -2.57. The molecule has 1 aliphatic heterocycles. The number of anilines is 1. The van der Waals surface area contributed by atoms with Gasteiger partial charge in [0.1, 0.15) is 23.1 Å². The molecule has 0 saturated carbocycles. The highest BCUT2D eigenvalue weighted by Gasteiger charge is 2.37. The van der Waals surface area contributed by atoms with Crippen LogP contribution in [0, 0.1) is 17.1 Å². The predicted octanol–water partition coefficient (Wildman–Crippen LogP) is 4.82. The van der Waals surface area contributed by atoms with E-state index in [0.29, 0.717) is 35.7 Å². The second-order valence-corrected chi connectivity index (χ2v) is 10.7. The third-order valence-electron chi connectivity index (χ3n) is 7.49. The van der Waals surface area contributed by atoms with E-state index < -0.39 is 0 Å². The molecule has 0 radical (unpaired) electrons. The summed E-state index contributed by atoms with van der Waals surface area (Å²) in [5.41, 5.74) is 4.05. The van der Waals surface area contributed by atoms with Crippen LogP contribution in [-0.4, -0.2) is 50.7 Å². The smallest absolute Gasteiger partial charge is 0.252 e. The number of nitrogens with zero attached hydrogens (tertiary/aromatic N) is 6. The molecule has 0 aliphatic carbocycles. The van der Waals surface area contributed by atoms with Crippen molar-refractivity contribution in [3.05, 3.63) is 93.8 Å². The van der Waals surface area contributed by atoms with Crippen LogP contribution in [0.25, 0.3) is 11.0 Å². The van der Waals surface area contributed by atoms with Gasteiger partial charge in [0.25, 0.3) is 5.56 Å². The van der Waals surface area contributed by atoms with Gasteiger partial charge in [0.15, 0.2) is 0 Å². The summed E-state index contributed by atoms with van der Waals surface area (Å²) in [4.78, 5) is 26.6. The van der Waals surface area contributed by atoms with Crippen molar-refractivity contribution in [2.75, 3.05) is 18.0 Å². The van der Waals surface area contributed by atoms with E-state index in [1.165, 1.54) is 12.1 Å². The largest absolute Gasteiger partial charge is 0.475 e. The highest BCUT2D eigenvalue weighted by atomic mass is 19.1. The van der Waals surface area contributed by atoms with Crippen molar-refractivity contribution < 1.29 is 9.13 Å². The SMILES string of the molecule is CC(C)Oc1ncccc1C(c1ccc(F)cc1)N1C[C@H](C)N(c2cc(=O)n(C)c3ccc(C#N)nc23)C[C@H]1C. The van der Waals surface area contributed by atoms with Crippen molar-refractivity contribution in [1.29, 1.82) is 5.26 Å². The third kappa shape index (κ3) is 5.15. The van der Waals surface area contributed by atoms with E-state index >= 15 is 0 Å². The Kier molecular flexibility index (Phi) is 7.55. The van der Waals surface area contributed by atoms with E-state index in [1.54, 1.807) is 36.0 Å². The van der Waals surface area contributed by atoms with Crippen LogP contribution >= 0.6 is 0 Å². The van der Waals surface area contributed by atoms with Gasteiger partial charge in [0, 0.05) is 50.0 Å². The minimum Gasteiger partial charge on any atom is -0.475 e. The van der Waals surface area contributed by atoms with Gasteiger partial charge in [-0.05, 0) is 63.6 Å². The number of hydrogen-bond acceptors (Lipinski definition) is 7. The summed E-state index contributed by atoms with van der Waals surface area (Å²) >= 11 is 0. The van der Waals surface area contributed by atoms with Crippen molar-refractivity contribution in [1.82, 2.24) is 19.4 Å². The number of aryl methyl sites for hydroxylation is 1. The first kappa shape index (κ1) is 27.3. The van der Waals surface area contributed by atoms with Crippen LogP contribution in [0.4, 0.5) is 10.1 Å². The standard InChI is InChI=1S/C31H33FN6O2/c1-19(2)40-31-25(7-6-14-34-31)30(22-8-10-23(32)11-9-22)38-18-20(3)37(17-21(38)4)27-15-28(39)36(5)26-13-12-24(16-33)35-29(26)27/h6-15,19-21,30H,17-18H2,1-5H3/t20-,21+,30?/m0/s1. The number of piperazine rings is 1. The van der Waals surface area contributed by atoms with Gasteiger partial charge >= 0.3 is 0 Å². The normalized spacial score (nSPS) is 18.6. The fraction of sp³-hybridized carbons (Fsp3) is 0.355. The summed E-state index contributed by atoms with van der Waals surface area (Å²) in [6.45, 7) is 9.46. The van der Waals surface area contributed by atoms with Crippen LogP contribution < -0.4 is 15.2 Å². The van der Waals surface area contributed by atoms with Gasteiger partial charge in [-0.2, -0.15) is 5.26 Å². The number of nitriles is 1. The zero-order valence-corrected chi connectivity index (χ0v) is 23.4. The fourth-order valence-corrected chi connectivity index (χ4v) is 5.57. The van der Waals surface area contributed by atoms with E-state index in [-0.39, 0.29) is 35.6 Å². The molecule has 1 aromatic carbocycles. The lowest BCUT2D eigenvalue weighted by molar-refractivity contribution is 0.125. The molecule has 1 aliphatic rings. The second-order valence-electron chi connectivity index (χ2n) is 10.7. The van der Waals surface area contributed by atoms with Crippen molar-refractivity contribution in [2.45, 2.75) is 51.9 Å². The Morgan fingerprint density at radius 2 is 1.82 bits per heavy atom. The maximum Gasteiger partial charge on any atom is 0.252 e. The molecule has 3 aromatic heterocycles. The Bertz CT molecular complexity index is 1630. The van der Waals surface area contributed by atoms with Crippen LogP contribution in [0.2, 0.25) is 0 Å². The lowest BCUT2D eigenvalue weighted by Gasteiger charge is -2.48. The Morgan fingerprint density at radius 1 is 1.07 bits per heavy atom. The topological polar surface area (TPSA) is 87.3 Å². The summed E-state index contributed by atoms with van der Waals surface area (Å²) in [5.74, 6) is 0.264. The Hall–Kier alpha value is -4.29. The molecule has 4 heterocycles. The molecule has 5 rings (SSSR count). The molecule has 1 fully saturated rings. The van der Waals surface area contributed by atoms with Gasteiger partial charge in [-0.25, -0.2) is 14.4 Å². The predicted molar refractivity (Wildman–Crippen MR) is 153 cm³/mol. The van der Waals surface area contributed by atoms with Crippen LogP contribution in [-0.2, 0) is 7.05 Å². The molecule has 8 nitrogen and oxygen atoms in total. The molecule has 0 bridgehead atoms. The summed E-state index contributed by atoms with van der Waals surface area (Å²) < 4.78 is 21.6. The van der Waals surface area contributed by atoms with E-state index in [2.05, 4.69) is 39.7 Å². The average molecular weight is 541 g/mol. The van der Waals surface area contributed by atoms with Gasteiger partial charge in [0.05, 0.1) is 23.3 Å². The number of halogens is 1. The second kappa shape index (κ2) is 11.1. The first-order valence-corrected chi connectivity index (χ1v) is 13.5. The molecule has 4 aromatic rings. The maximum absolute atomic E-state index is 14.0. The van der Waals surface area contributed by atoms with Gasteiger partial charge in [-0.15, -0.1) is 0 Å². The first-order chi connectivity index (χ1) is 19.2. The molecule has 0 N–H and O–H groups in total. The molecule has 3 atom stereocenters. The number of benzene rings is 1. The Labute approximate surface area is 233 Å². The summed E-state index contributed by atoms with van der Waals surface area (Å²) in [7, 11) is 1.71. The lowest BCUT2D eigenvalue weighted by atomic mass is 9.93. The maximum atomic E-state index is 14.0. The monoisotopic (exact) mass is 540 g/mol. The Morgan fingerprint density at radius 3 is 2.52 bits per heavy atom. The first-order valence-electron chi connectivity index (χ1n) is 13.5. The molecule has 1 saturated heterocycles. The number of hydrogen-bond donors (Lipinski definition) is 0. The molecule has 40 heavy (non-hydrogen) atoms. The van der Waals surface area contributed by atoms with E-state index in [1.807, 2.05) is 38.1 Å². The van der Waals surface area contributed by atoms with Crippen LogP contribution in [0.15, 0.2) is 65.6 Å². The minimum atomic E-state index is -0.291. The number of ether oxygens (including phenoxy) is 1. The van der Waals surface area contributed by atoms with Crippen LogP contribution in [0.3, 0.4) is 0 Å². The van der Waals surface area contributed by atoms with Gasteiger partial charge in [-0.3, -0.25) is 9.69 Å². The minimum absolute atomic E-state index is 0.00636. The molecule has 206 valence electrons. The molecule has 9 heteroatoms. The zero-order chi connectivity index (χ0) is 28.6. The molecule has 0 spiro atoms. The van der Waals surface area contributed by atoms with Crippen molar-refractivity contribution in [3.63, 3.8) is 0 Å². The highest BCUT2D eigenvalue weighted by Crippen LogP contribution is 2.38. The van der Waals surface area contributed by atoms with Gasteiger partial charge in [0.2, 0.25) is 5.88 Å². The number of fused-ring (bicyclic) bond motifs is 1. The van der Waals surface area contributed by atoms with Crippen molar-refractivity contribution >= 4 is 16.7 Å². The van der Waals surface area contributed by atoms with Crippen molar-refractivity contribution in [3.8, 4) is 11.9 Å². The van der Waals surface area contributed by atoms with E-state index in [4.69, 9.17) is 4.74 Å². The fourth-order valence-electron chi connectivity index (χ4n) is 5.57. The highest BCUT2D eigenvalue weighted by molar-refractivity contribution is 5.89. The average Bonchev–Trinajstić information content (AvgIpc) is 2.94. The number of pyridine rings is 3. The van der Waals surface area contributed by atoms with E-state index in [9.17, 15) is 14.4 Å². The molecular formula is C31H33FN6O2. The summed E-state index contributed by atoms with van der Waals surface area (Å²) in [6, 6.07) is 17.4. The number of rotatable bonds is 6. The zero-order valence-electron chi connectivity index (χ0n) is 23.4. The molecule has 0 amide bonds. The van der Waals surface area contributed by atoms with Crippen LogP contribution in [0.5, 0.6) is 5.88 Å². The molecule has 1 unspecified atom stereocenters. The van der Waals surface area contributed by atoms with Crippen molar-refractivity contribution in [2.24, 2.45) is 7.05 Å². The number of aromatic nitrogens is 3. The third-order valence-corrected chi connectivity index (χ3v) is 7.49. The van der Waals surface area contributed by atoms with Gasteiger partial charge < -0.3 is 14.2 Å². The Balaban J connectivity index is 1.57. The van der Waals surface area contributed by atoms with Crippen LogP contribution in [0.1, 0.15) is 50.6 Å². The quantitative estimate of drug-likeness (QED) is 0.347. The summed E-state index contributed by atoms with van der Waals surface area (Å²) in [6.07, 6.45) is 1.66. The summed E-state index contributed by atoms with van der Waals surface area (Å²) in [5, 5.41) is 9.48. The van der Waals surface area contributed by atoms with E-state index in [0.717, 1.165) is 16.8 Å².